The fourth-order valence-electron chi connectivity index (χ4n) is 1.01. The highest BCUT2D eigenvalue weighted by atomic mass is 79.9. The number of alkyl halides is 2. The number of halogens is 5. The Morgan fingerprint density at radius 2 is 1.58 bits per heavy atom. The van der Waals surface area contributed by atoms with Crippen molar-refractivity contribution in [3.05, 3.63) is 19.0 Å². The molecule has 0 nitrogen and oxygen atoms in total. The standard InChI is InChI=1S/C7H5Br5/c1-2-3-4(8)5(9)6(10)7(3,11)12/h2H2,1H3. The second-order valence-electron chi connectivity index (χ2n) is 2.35. The summed E-state index contributed by atoms with van der Waals surface area (Å²) in [5, 5.41) is 0. The molecule has 1 aliphatic rings. The molecule has 0 N–H and O–H groups in total. The van der Waals surface area contributed by atoms with Crippen molar-refractivity contribution in [2.45, 2.75) is 16.6 Å². The summed E-state index contributed by atoms with van der Waals surface area (Å²) in [6.07, 6.45) is 0.987. The molecule has 0 radical (unpaired) electrons. The Morgan fingerprint density at radius 1 is 1.08 bits per heavy atom. The van der Waals surface area contributed by atoms with Crippen molar-refractivity contribution in [1.29, 1.82) is 0 Å². The van der Waals surface area contributed by atoms with Gasteiger partial charge in [-0.05, 0) is 43.9 Å². The third kappa shape index (κ3) is 1.81. The number of rotatable bonds is 1. The van der Waals surface area contributed by atoms with Gasteiger partial charge < -0.3 is 0 Å². The lowest BCUT2D eigenvalue weighted by Crippen LogP contribution is -2.10. The van der Waals surface area contributed by atoms with E-state index in [-0.39, 0.29) is 3.23 Å². The predicted molar refractivity (Wildman–Crippen MR) is 71.7 cm³/mol. The van der Waals surface area contributed by atoms with Gasteiger partial charge in [-0.15, -0.1) is 0 Å². The SMILES string of the molecule is CCC1=C(Br)C(Br)=C(Br)C1(Br)Br. The van der Waals surface area contributed by atoms with E-state index in [1.807, 2.05) is 0 Å². The molecule has 1 aliphatic carbocycles. The fraction of sp³-hybridized carbons (Fsp3) is 0.429. The summed E-state index contributed by atoms with van der Waals surface area (Å²) in [5.41, 5.74) is 1.28. The van der Waals surface area contributed by atoms with Crippen LogP contribution in [0.15, 0.2) is 19.0 Å². The van der Waals surface area contributed by atoms with Crippen LogP contribution in [0.2, 0.25) is 0 Å². The van der Waals surface area contributed by atoms with Gasteiger partial charge in [0.15, 0.2) is 0 Å². The van der Waals surface area contributed by atoms with E-state index >= 15 is 0 Å². The zero-order chi connectivity index (χ0) is 9.52. The summed E-state index contributed by atoms with van der Waals surface area (Å²) in [4.78, 5) is 0. The van der Waals surface area contributed by atoms with Gasteiger partial charge in [-0.2, -0.15) is 0 Å². The van der Waals surface area contributed by atoms with Crippen LogP contribution >= 0.6 is 79.6 Å². The Bertz CT molecular complexity index is 274. The third-order valence-corrected chi connectivity index (χ3v) is 8.20. The Hall–Kier alpha value is 1.88. The van der Waals surface area contributed by atoms with E-state index in [1.54, 1.807) is 0 Å². The fourth-order valence-corrected chi connectivity index (χ4v) is 5.45. The monoisotopic (exact) mass is 484 g/mol. The number of hydrogen-bond donors (Lipinski definition) is 0. The third-order valence-electron chi connectivity index (χ3n) is 1.66. The van der Waals surface area contributed by atoms with Gasteiger partial charge in [-0.25, -0.2) is 0 Å². The average molecular weight is 489 g/mol. The van der Waals surface area contributed by atoms with E-state index in [2.05, 4.69) is 86.6 Å². The van der Waals surface area contributed by atoms with Crippen molar-refractivity contribution in [1.82, 2.24) is 0 Å². The first kappa shape index (κ1) is 12.0. The van der Waals surface area contributed by atoms with Crippen LogP contribution in [0.4, 0.5) is 0 Å². The molecule has 1 rings (SSSR count). The average Bonchev–Trinajstić information content (AvgIpc) is 2.13. The summed E-state index contributed by atoms with van der Waals surface area (Å²) in [6, 6.07) is 0. The van der Waals surface area contributed by atoms with E-state index in [4.69, 9.17) is 0 Å². The molecule has 0 aliphatic heterocycles. The van der Waals surface area contributed by atoms with Gasteiger partial charge >= 0.3 is 0 Å². The molecule has 0 aromatic carbocycles. The van der Waals surface area contributed by atoms with Gasteiger partial charge in [-0.3, -0.25) is 0 Å². The summed E-state index contributed by atoms with van der Waals surface area (Å²) in [7, 11) is 0. The molecule has 0 spiro atoms. The molecule has 0 atom stereocenters. The van der Waals surface area contributed by atoms with Crippen molar-refractivity contribution in [2.24, 2.45) is 0 Å². The largest absolute Gasteiger partial charge is 0.135 e. The molecule has 0 aromatic heterocycles. The Morgan fingerprint density at radius 3 is 1.75 bits per heavy atom. The van der Waals surface area contributed by atoms with Crippen LogP contribution < -0.4 is 0 Å². The lowest BCUT2D eigenvalue weighted by Gasteiger charge is -2.18. The Labute approximate surface area is 114 Å². The van der Waals surface area contributed by atoms with Crippen LogP contribution in [-0.2, 0) is 0 Å². The van der Waals surface area contributed by atoms with Crippen molar-refractivity contribution >= 4 is 79.6 Å². The van der Waals surface area contributed by atoms with Crippen LogP contribution in [-0.4, -0.2) is 3.23 Å². The molecule has 0 saturated carbocycles. The van der Waals surface area contributed by atoms with E-state index < -0.39 is 0 Å². The highest BCUT2D eigenvalue weighted by molar-refractivity contribution is 9.27. The van der Waals surface area contributed by atoms with Crippen LogP contribution in [0.25, 0.3) is 0 Å². The highest BCUT2D eigenvalue weighted by Gasteiger charge is 2.39. The molecular formula is C7H5Br5. The smallest absolute Gasteiger partial charge is 0.0617 e. The first-order valence-electron chi connectivity index (χ1n) is 3.26. The summed E-state index contributed by atoms with van der Waals surface area (Å²) < 4.78 is 3.02. The molecule has 0 aromatic rings. The maximum absolute atomic E-state index is 3.61. The van der Waals surface area contributed by atoms with Gasteiger partial charge in [0, 0.05) is 13.4 Å². The van der Waals surface area contributed by atoms with E-state index in [1.165, 1.54) is 5.57 Å². The maximum atomic E-state index is 3.61. The lowest BCUT2D eigenvalue weighted by molar-refractivity contribution is 1.04. The maximum Gasteiger partial charge on any atom is 0.135 e. The molecule has 0 amide bonds. The second kappa shape index (κ2) is 4.17. The first-order chi connectivity index (χ1) is 5.42. The zero-order valence-electron chi connectivity index (χ0n) is 6.10. The second-order valence-corrected chi connectivity index (χ2v) is 8.17. The van der Waals surface area contributed by atoms with Gasteiger partial charge in [0.25, 0.3) is 0 Å². The topological polar surface area (TPSA) is 0 Å². The lowest BCUT2D eigenvalue weighted by atomic mass is 10.2. The number of allylic oxidation sites excluding steroid dienone is 4. The van der Waals surface area contributed by atoms with E-state index in [9.17, 15) is 0 Å². The number of hydrogen-bond acceptors (Lipinski definition) is 0. The predicted octanol–water partition coefficient (Wildman–Crippen LogP) is 5.55. The molecule has 0 bridgehead atoms. The molecule has 0 saturated heterocycles. The van der Waals surface area contributed by atoms with E-state index in [0.717, 1.165) is 19.9 Å². The molecule has 5 heteroatoms. The quantitative estimate of drug-likeness (QED) is 0.425. The molecule has 68 valence electrons. The molecular weight excluding hydrogens is 484 g/mol. The highest BCUT2D eigenvalue weighted by Crippen LogP contribution is 2.57. The van der Waals surface area contributed by atoms with Crippen LogP contribution in [0.5, 0.6) is 0 Å². The van der Waals surface area contributed by atoms with Crippen molar-refractivity contribution in [3.63, 3.8) is 0 Å². The minimum Gasteiger partial charge on any atom is -0.0617 e. The van der Waals surface area contributed by atoms with Gasteiger partial charge in [-0.1, -0.05) is 54.7 Å². The minimum absolute atomic E-state index is 0.230. The zero-order valence-corrected chi connectivity index (χ0v) is 14.0. The summed E-state index contributed by atoms with van der Waals surface area (Å²) in [5.74, 6) is 0. The van der Waals surface area contributed by atoms with Crippen molar-refractivity contribution in [3.8, 4) is 0 Å². The van der Waals surface area contributed by atoms with Crippen molar-refractivity contribution in [2.75, 3.05) is 0 Å². The first-order valence-corrected chi connectivity index (χ1v) is 7.22. The molecule has 0 unspecified atom stereocenters. The summed E-state index contributed by atoms with van der Waals surface area (Å²) in [6.45, 7) is 2.12. The summed E-state index contributed by atoms with van der Waals surface area (Å²) >= 11 is 17.8. The normalized spacial score (nSPS) is 22.5. The van der Waals surface area contributed by atoms with Gasteiger partial charge in [0.1, 0.15) is 3.23 Å². The van der Waals surface area contributed by atoms with Crippen molar-refractivity contribution < 1.29 is 0 Å². The Kier molecular flexibility index (Phi) is 4.15. The molecule has 0 heterocycles. The van der Waals surface area contributed by atoms with E-state index in [0.29, 0.717) is 0 Å². The minimum atomic E-state index is -0.230. The molecule has 12 heavy (non-hydrogen) atoms. The van der Waals surface area contributed by atoms with Crippen LogP contribution in [0, 0.1) is 0 Å². The van der Waals surface area contributed by atoms with Crippen LogP contribution in [0.3, 0.4) is 0 Å². The Balaban J connectivity index is 3.23. The van der Waals surface area contributed by atoms with Gasteiger partial charge in [0.2, 0.25) is 0 Å². The molecule has 0 fully saturated rings. The van der Waals surface area contributed by atoms with Crippen LogP contribution in [0.1, 0.15) is 13.3 Å². The van der Waals surface area contributed by atoms with Gasteiger partial charge in [0.05, 0.1) is 0 Å².